The molecule has 4 aliphatic rings. The van der Waals surface area contributed by atoms with Crippen molar-refractivity contribution in [2.24, 2.45) is 0 Å². The highest BCUT2D eigenvalue weighted by Gasteiger charge is 2.35. The number of carbonyl (C=O) groups excluding carboxylic acids is 2. The smallest absolute Gasteiger partial charge is 0.328 e. The van der Waals surface area contributed by atoms with E-state index in [1.807, 2.05) is 152 Å². The van der Waals surface area contributed by atoms with E-state index in [1.165, 1.54) is 98.7 Å². The normalized spacial score (nSPS) is 17.0. The summed E-state index contributed by atoms with van der Waals surface area (Å²) in [7, 11) is 4.12. The predicted molar refractivity (Wildman–Crippen MR) is 484 cm³/mol. The summed E-state index contributed by atoms with van der Waals surface area (Å²) in [6.07, 6.45) is 6.98. The van der Waals surface area contributed by atoms with Crippen LogP contribution >= 0.6 is 12.4 Å². The van der Waals surface area contributed by atoms with E-state index >= 15 is 0 Å². The molecule has 8 heteroatoms. The first-order chi connectivity index (χ1) is 56.6. The van der Waals surface area contributed by atoms with Crippen LogP contribution < -0.4 is 10.6 Å². The molecule has 0 fully saturated rings. The molecule has 0 radical (unpaired) electrons. The van der Waals surface area contributed by atoms with Crippen molar-refractivity contribution in [2.45, 2.75) is 67.5 Å². The van der Waals surface area contributed by atoms with Gasteiger partial charge in [-0.3, -0.25) is 9.59 Å². The Morgan fingerprint density at radius 1 is 0.302 bits per heavy atom. The highest BCUT2D eigenvalue weighted by atomic mass is 35.5. The lowest BCUT2D eigenvalue weighted by Gasteiger charge is -2.15. The van der Waals surface area contributed by atoms with Crippen molar-refractivity contribution in [3.05, 3.63) is 472 Å². The molecule has 0 bridgehead atoms. The monoisotopic (exact) mass is 1530 g/mol. The first kappa shape index (κ1) is 79.7. The summed E-state index contributed by atoms with van der Waals surface area (Å²) in [5, 5.41) is 40.6. The maximum atomic E-state index is 12.2. The number of hydrogen-bond donors (Lipinski definition) is 4. The van der Waals surface area contributed by atoms with Crippen LogP contribution in [0.3, 0.4) is 0 Å². The van der Waals surface area contributed by atoms with Gasteiger partial charge in [-0.25, -0.2) is 4.79 Å². The lowest BCUT2D eigenvalue weighted by Crippen LogP contribution is -2.13. The van der Waals surface area contributed by atoms with Crippen LogP contribution in [-0.2, 0) is 4.79 Å². The molecule has 7 nitrogen and oxygen atoms in total. The number of hydrogen-bond acceptors (Lipinski definition) is 6. The molecule has 116 heavy (non-hydrogen) atoms. The number of Topliss-reactive ketones (excluding diaryl/α,β-unsaturated/α-hetero) is 1. The van der Waals surface area contributed by atoms with Gasteiger partial charge >= 0.3 is 5.97 Å². The Kier molecular flexibility index (Phi) is 26.3. The third kappa shape index (κ3) is 17.8. The molecule has 4 aliphatic carbocycles. The number of benzene rings is 17. The van der Waals surface area contributed by atoms with Crippen molar-refractivity contribution < 1.29 is 24.6 Å². The van der Waals surface area contributed by atoms with Crippen LogP contribution in [-0.4, -0.2) is 42.3 Å². The summed E-state index contributed by atoms with van der Waals surface area (Å²) in [5.74, 6) is 0.813. The Morgan fingerprint density at radius 2 is 0.578 bits per heavy atom. The number of aldehydes is 1. The van der Waals surface area contributed by atoms with Gasteiger partial charge in [-0.2, -0.15) is 0 Å². The third-order valence-electron chi connectivity index (χ3n) is 23.0. The number of halogens is 1. The minimum atomic E-state index is -0.928. The molecule has 4 N–H and O–H groups in total. The summed E-state index contributed by atoms with van der Waals surface area (Å²) < 4.78 is 0. The number of fused-ring (bicyclic) bond motifs is 10. The quantitative estimate of drug-likeness (QED) is 0.0840. The number of carboxylic acid groups (broad SMARTS) is 1. The summed E-state index contributed by atoms with van der Waals surface area (Å²) in [4.78, 5) is 33.2. The van der Waals surface area contributed by atoms with E-state index in [1.54, 1.807) is 6.08 Å². The number of rotatable bonds is 9. The number of ketones is 1. The minimum absolute atomic E-state index is 0. The molecule has 572 valence electrons. The van der Waals surface area contributed by atoms with Crippen molar-refractivity contribution >= 4 is 101 Å². The summed E-state index contributed by atoms with van der Waals surface area (Å²) in [6.45, 7) is 0. The first-order valence-corrected chi connectivity index (χ1v) is 39.8. The van der Waals surface area contributed by atoms with E-state index in [0.29, 0.717) is 36.3 Å². The van der Waals surface area contributed by atoms with Crippen LogP contribution in [0.15, 0.2) is 394 Å². The Bertz CT molecular complexity index is 6100. The topological polar surface area (TPSA) is 116 Å². The number of aliphatic hydroxyl groups is 1. The molecule has 0 amide bonds. The van der Waals surface area contributed by atoms with Gasteiger partial charge < -0.3 is 20.8 Å². The van der Waals surface area contributed by atoms with Gasteiger partial charge in [0.05, 0.1) is 6.10 Å². The predicted octanol–water partition coefficient (Wildman–Crippen LogP) is 25.9. The minimum Gasteiger partial charge on any atom is -0.478 e. The van der Waals surface area contributed by atoms with Gasteiger partial charge in [0.15, 0.2) is 12.1 Å². The van der Waals surface area contributed by atoms with Crippen molar-refractivity contribution in [2.75, 3.05) is 14.1 Å². The lowest BCUT2D eigenvalue weighted by molar-refractivity contribution is -0.131. The van der Waals surface area contributed by atoms with Crippen LogP contribution in [0.4, 0.5) is 0 Å². The van der Waals surface area contributed by atoms with Crippen LogP contribution in [0.5, 0.6) is 0 Å². The molecule has 0 saturated heterocycles. The second-order valence-corrected chi connectivity index (χ2v) is 29.6. The number of carbonyl (C=O) groups is 3. The van der Waals surface area contributed by atoms with Crippen molar-refractivity contribution in [3.8, 4) is 0 Å². The summed E-state index contributed by atoms with van der Waals surface area (Å²) in [5.41, 5.74) is 17.5. The molecule has 0 heterocycles. The molecule has 17 aromatic rings. The fourth-order valence-electron chi connectivity index (χ4n) is 17.6. The van der Waals surface area contributed by atoms with E-state index in [0.717, 1.165) is 75.4 Å². The van der Waals surface area contributed by atoms with Crippen molar-refractivity contribution in [3.63, 3.8) is 0 Å². The maximum Gasteiger partial charge on any atom is 0.328 e. The fraction of sp³-hybridized carbons (Fsp3) is 0.120. The van der Waals surface area contributed by atoms with Crippen LogP contribution in [0.25, 0.3) is 70.7 Å². The molecule has 7 atom stereocenters. The first-order valence-electron chi connectivity index (χ1n) is 39.8. The zero-order valence-electron chi connectivity index (χ0n) is 65.1. The Hall–Kier alpha value is -13.0. The second-order valence-electron chi connectivity index (χ2n) is 29.6. The number of aliphatic carboxylic acids is 1. The van der Waals surface area contributed by atoms with Crippen molar-refractivity contribution in [1.82, 2.24) is 10.6 Å². The average Bonchev–Trinajstić information content (AvgIpc) is 1.63. The molecule has 21 rings (SSSR count). The van der Waals surface area contributed by atoms with E-state index in [4.69, 9.17) is 5.11 Å². The van der Waals surface area contributed by atoms with Crippen molar-refractivity contribution in [1.29, 1.82) is 0 Å². The Labute approximate surface area is 685 Å². The lowest BCUT2D eigenvalue weighted by atomic mass is 9.89. The highest BCUT2D eigenvalue weighted by molar-refractivity contribution is 6.03. The van der Waals surface area contributed by atoms with Gasteiger partial charge in [-0.15, -0.1) is 12.4 Å². The van der Waals surface area contributed by atoms with Gasteiger partial charge in [0, 0.05) is 59.4 Å². The van der Waals surface area contributed by atoms with Gasteiger partial charge in [0.25, 0.3) is 0 Å². The number of aliphatic hydroxyl groups excluding tert-OH is 1. The highest BCUT2D eigenvalue weighted by Crippen LogP contribution is 2.49. The molecular weight excluding hydrogens is 1440 g/mol. The third-order valence-corrected chi connectivity index (χ3v) is 23.0. The van der Waals surface area contributed by atoms with E-state index in [9.17, 15) is 19.5 Å². The second kappa shape index (κ2) is 38.2. The zero-order valence-corrected chi connectivity index (χ0v) is 65.9. The van der Waals surface area contributed by atoms with E-state index < -0.39 is 5.97 Å². The fourth-order valence-corrected chi connectivity index (χ4v) is 17.6. The van der Waals surface area contributed by atoms with Gasteiger partial charge in [0.1, 0.15) is 0 Å². The molecule has 0 aliphatic heterocycles. The largest absolute Gasteiger partial charge is 0.478 e. The zero-order chi connectivity index (χ0) is 78.8. The molecular formula is C108H93ClN2O5. The van der Waals surface area contributed by atoms with Crippen LogP contribution in [0, 0.1) is 0 Å². The average molecular weight is 1530 g/mol. The summed E-state index contributed by atoms with van der Waals surface area (Å²) >= 11 is 0. The van der Waals surface area contributed by atoms with E-state index in [2.05, 4.69) is 261 Å². The molecule has 0 saturated carbocycles. The molecule has 0 spiro atoms. The number of nitrogens with one attached hydrogen (secondary N) is 2. The van der Waals surface area contributed by atoms with E-state index in [-0.39, 0.29) is 30.2 Å². The molecule has 7 unspecified atom stereocenters. The Balaban J connectivity index is 0.000000114. The van der Waals surface area contributed by atoms with Gasteiger partial charge in [-0.05, 0) is 171 Å². The molecule has 0 aromatic heterocycles. The summed E-state index contributed by atoms with van der Waals surface area (Å²) in [6, 6.07) is 135. The van der Waals surface area contributed by atoms with Crippen LogP contribution in [0.2, 0.25) is 0 Å². The van der Waals surface area contributed by atoms with Gasteiger partial charge in [0.2, 0.25) is 0 Å². The maximum absolute atomic E-state index is 12.2. The van der Waals surface area contributed by atoms with Crippen LogP contribution in [0.1, 0.15) is 155 Å². The standard InChI is InChI=1S/2C20H19N.C19H16O.C19H14O.C13H10O2.C11H8O.C6H6.ClH/c2*1-21-20-13-19(17-10-4-5-11-18(17)20)16-12-6-8-14-7-2-3-9-15(14)16;2*20-19-12-18(16-9-3-4-10-17(16)19)15-11-5-7-13-6-1-2-8-14(13)15;14-13(15)9-8-11-6-3-5-10-4-1-2-7-12(10)11;12-8-10-6-3-5-9-4-1-2-7-11(9)10;1-2-4-6-5-3-1;/h2*2-12,19-21H,13H2,1H3;1-11,18-20H,12H2;1-11,18H,12H2;1-9H,(H,14,15);1-8H;1-6H;1H/b;;;;9-8+;;;. The Morgan fingerprint density at radius 3 is 0.966 bits per heavy atom. The van der Waals surface area contributed by atoms with Gasteiger partial charge in [-0.1, -0.05) is 388 Å². The SMILES string of the molecule is CNC1CC(c2cccc3ccccc23)c2ccccc21.CNC1CC(c2cccc3ccccc23)c2ccccc21.Cl.O=C(O)/C=C/c1cccc2ccccc12.O=C1CC(c2cccc3ccccc23)c2ccccc21.O=Cc1cccc2ccccc12.OC1CC(c2cccc3ccccc23)c2ccccc21.c1ccccc1. The number of carboxylic acids is 1. The molecule has 17 aromatic carbocycles.